The summed E-state index contributed by atoms with van der Waals surface area (Å²) >= 11 is 0. The normalized spacial score (nSPS) is 22.8. The number of aryl methyl sites for hydroxylation is 1. The number of benzene rings is 1. The zero-order chi connectivity index (χ0) is 14.4. The minimum atomic E-state index is 0.539. The van der Waals surface area contributed by atoms with Crippen LogP contribution in [0.5, 0.6) is 0 Å². The summed E-state index contributed by atoms with van der Waals surface area (Å²) in [6.07, 6.45) is 4.00. The number of rotatable bonds is 3. The van der Waals surface area contributed by atoms with Gasteiger partial charge in [0, 0.05) is 47.6 Å². The molecule has 4 rings (SSSR count). The van der Waals surface area contributed by atoms with Crippen LogP contribution in [0.4, 0.5) is 11.4 Å². The van der Waals surface area contributed by atoms with Gasteiger partial charge < -0.3 is 11.1 Å². The van der Waals surface area contributed by atoms with Crippen LogP contribution >= 0.6 is 0 Å². The van der Waals surface area contributed by atoms with Gasteiger partial charge in [-0.25, -0.2) is 0 Å². The number of nitrogens with two attached hydrogens (primary N) is 1. The zero-order valence-electron chi connectivity index (χ0n) is 12.5. The highest BCUT2D eigenvalue weighted by Crippen LogP contribution is 2.32. The summed E-state index contributed by atoms with van der Waals surface area (Å²) in [5.74, 6) is 0. The predicted molar refractivity (Wildman–Crippen MR) is 87.5 cm³/mol. The Kier molecular flexibility index (Phi) is 3.00. The number of hydrogen-bond acceptors (Lipinski definition) is 4. The maximum Gasteiger partial charge on any atom is 0.0727 e. The largest absolute Gasteiger partial charge is 0.399 e. The summed E-state index contributed by atoms with van der Waals surface area (Å²) < 4.78 is 0. The van der Waals surface area contributed by atoms with Gasteiger partial charge in [0.05, 0.1) is 5.52 Å². The SMILES string of the molecule is Cc1cc(NC2CCN(C3CC3)C2)c2cc(N)ccc2n1. The molecule has 1 saturated heterocycles. The molecule has 1 aliphatic carbocycles. The molecule has 1 aromatic carbocycles. The third kappa shape index (κ3) is 2.56. The van der Waals surface area contributed by atoms with E-state index in [4.69, 9.17) is 5.73 Å². The average Bonchev–Trinajstić information content (AvgIpc) is 3.20. The first-order valence-electron chi connectivity index (χ1n) is 7.86. The molecule has 4 nitrogen and oxygen atoms in total. The fourth-order valence-electron chi connectivity index (χ4n) is 3.39. The average molecular weight is 282 g/mol. The molecule has 110 valence electrons. The van der Waals surface area contributed by atoms with Crippen molar-refractivity contribution in [2.45, 2.75) is 38.3 Å². The monoisotopic (exact) mass is 282 g/mol. The van der Waals surface area contributed by atoms with Crippen LogP contribution in [0.2, 0.25) is 0 Å². The Morgan fingerprint density at radius 2 is 2.10 bits per heavy atom. The number of aromatic nitrogens is 1. The Morgan fingerprint density at radius 3 is 2.90 bits per heavy atom. The van der Waals surface area contributed by atoms with Crippen LogP contribution in [0.25, 0.3) is 10.9 Å². The van der Waals surface area contributed by atoms with Gasteiger partial charge in [-0.2, -0.15) is 0 Å². The summed E-state index contributed by atoms with van der Waals surface area (Å²) in [5.41, 5.74) is 9.98. The second-order valence-corrected chi connectivity index (χ2v) is 6.44. The van der Waals surface area contributed by atoms with Crippen molar-refractivity contribution in [3.63, 3.8) is 0 Å². The molecule has 1 aromatic heterocycles. The molecule has 0 radical (unpaired) electrons. The highest BCUT2D eigenvalue weighted by Gasteiger charge is 2.34. The number of nitrogens with one attached hydrogen (secondary N) is 1. The van der Waals surface area contributed by atoms with Gasteiger partial charge >= 0.3 is 0 Å². The Labute approximate surface area is 125 Å². The van der Waals surface area contributed by atoms with Crippen molar-refractivity contribution in [3.05, 3.63) is 30.0 Å². The first kappa shape index (κ1) is 12.9. The highest BCUT2D eigenvalue weighted by molar-refractivity contribution is 5.93. The molecule has 2 fully saturated rings. The number of nitrogen functional groups attached to an aromatic ring is 1. The molecule has 1 unspecified atom stereocenters. The van der Waals surface area contributed by atoms with Crippen LogP contribution in [0.1, 0.15) is 25.0 Å². The van der Waals surface area contributed by atoms with E-state index in [1.807, 2.05) is 25.1 Å². The van der Waals surface area contributed by atoms with E-state index in [1.165, 1.54) is 31.5 Å². The van der Waals surface area contributed by atoms with Crippen LogP contribution in [-0.4, -0.2) is 35.1 Å². The lowest BCUT2D eigenvalue weighted by Crippen LogP contribution is -2.27. The van der Waals surface area contributed by atoms with E-state index in [0.717, 1.165) is 34.9 Å². The number of fused-ring (bicyclic) bond motifs is 1. The zero-order valence-corrected chi connectivity index (χ0v) is 12.5. The van der Waals surface area contributed by atoms with E-state index in [-0.39, 0.29) is 0 Å². The second-order valence-electron chi connectivity index (χ2n) is 6.44. The Hall–Kier alpha value is -1.81. The van der Waals surface area contributed by atoms with Crippen LogP contribution in [0.15, 0.2) is 24.3 Å². The van der Waals surface area contributed by atoms with Gasteiger partial charge in [0.15, 0.2) is 0 Å². The van der Waals surface area contributed by atoms with Gasteiger partial charge in [-0.15, -0.1) is 0 Å². The number of anilines is 2. The molecule has 3 N–H and O–H groups in total. The molecule has 2 heterocycles. The fraction of sp³-hybridized carbons (Fsp3) is 0.471. The summed E-state index contributed by atoms with van der Waals surface area (Å²) in [4.78, 5) is 7.23. The van der Waals surface area contributed by atoms with Crippen molar-refractivity contribution in [2.75, 3.05) is 24.1 Å². The molecule has 1 atom stereocenters. The first-order valence-corrected chi connectivity index (χ1v) is 7.86. The van der Waals surface area contributed by atoms with Crippen molar-refractivity contribution in [1.82, 2.24) is 9.88 Å². The number of likely N-dealkylation sites (tertiary alicyclic amines) is 1. The highest BCUT2D eigenvalue weighted by atomic mass is 15.2. The molecule has 1 saturated carbocycles. The van der Waals surface area contributed by atoms with Crippen LogP contribution in [-0.2, 0) is 0 Å². The summed E-state index contributed by atoms with van der Waals surface area (Å²) in [6, 6.07) is 9.50. The van der Waals surface area contributed by atoms with Crippen molar-refractivity contribution in [1.29, 1.82) is 0 Å². The Morgan fingerprint density at radius 1 is 1.24 bits per heavy atom. The Balaban J connectivity index is 1.61. The van der Waals surface area contributed by atoms with Gasteiger partial charge in [-0.1, -0.05) is 0 Å². The molecule has 2 aliphatic rings. The summed E-state index contributed by atoms with van der Waals surface area (Å²) in [5, 5.41) is 4.86. The van der Waals surface area contributed by atoms with E-state index in [2.05, 4.69) is 21.3 Å². The standard InChI is InChI=1S/C17H22N4/c1-11-8-17(15-9-12(18)2-5-16(15)19-11)20-13-6-7-21(10-13)14-3-4-14/h2,5,8-9,13-14H,3-4,6-7,10,18H2,1H3,(H,19,20). The van der Waals surface area contributed by atoms with Gasteiger partial charge in [0.2, 0.25) is 0 Å². The minimum absolute atomic E-state index is 0.539. The Bertz CT molecular complexity index is 678. The predicted octanol–water partition coefficient (Wildman–Crippen LogP) is 2.77. The molecule has 21 heavy (non-hydrogen) atoms. The molecular formula is C17H22N4. The molecule has 0 bridgehead atoms. The van der Waals surface area contributed by atoms with Crippen molar-refractivity contribution in [2.24, 2.45) is 0 Å². The van der Waals surface area contributed by atoms with Crippen molar-refractivity contribution >= 4 is 22.3 Å². The lowest BCUT2D eigenvalue weighted by molar-refractivity contribution is 0.326. The third-order valence-electron chi connectivity index (χ3n) is 4.60. The van der Waals surface area contributed by atoms with Gasteiger partial charge in [-0.3, -0.25) is 9.88 Å². The van der Waals surface area contributed by atoms with E-state index in [1.54, 1.807) is 0 Å². The minimum Gasteiger partial charge on any atom is -0.399 e. The van der Waals surface area contributed by atoms with E-state index < -0.39 is 0 Å². The lowest BCUT2D eigenvalue weighted by atomic mass is 10.1. The molecule has 0 amide bonds. The summed E-state index contributed by atoms with van der Waals surface area (Å²) in [7, 11) is 0. The maximum atomic E-state index is 5.95. The van der Waals surface area contributed by atoms with E-state index in [0.29, 0.717) is 6.04 Å². The van der Waals surface area contributed by atoms with Crippen LogP contribution < -0.4 is 11.1 Å². The first-order chi connectivity index (χ1) is 10.2. The molecule has 2 aromatic rings. The maximum absolute atomic E-state index is 5.95. The van der Waals surface area contributed by atoms with Gasteiger partial charge in [0.1, 0.15) is 0 Å². The third-order valence-corrected chi connectivity index (χ3v) is 4.60. The summed E-state index contributed by atoms with van der Waals surface area (Å²) in [6.45, 7) is 4.44. The second kappa shape index (κ2) is 4.88. The van der Waals surface area contributed by atoms with Crippen LogP contribution in [0.3, 0.4) is 0 Å². The van der Waals surface area contributed by atoms with Crippen LogP contribution in [0, 0.1) is 6.92 Å². The van der Waals surface area contributed by atoms with E-state index in [9.17, 15) is 0 Å². The molecule has 1 aliphatic heterocycles. The molecule has 4 heteroatoms. The number of pyridine rings is 1. The fourth-order valence-corrected chi connectivity index (χ4v) is 3.39. The lowest BCUT2D eigenvalue weighted by Gasteiger charge is -2.18. The van der Waals surface area contributed by atoms with Gasteiger partial charge in [-0.05, 0) is 50.5 Å². The number of nitrogens with zero attached hydrogens (tertiary/aromatic N) is 2. The topological polar surface area (TPSA) is 54.2 Å². The molecule has 0 spiro atoms. The smallest absolute Gasteiger partial charge is 0.0727 e. The quantitative estimate of drug-likeness (QED) is 0.850. The van der Waals surface area contributed by atoms with E-state index >= 15 is 0 Å². The number of hydrogen-bond donors (Lipinski definition) is 2. The van der Waals surface area contributed by atoms with Crippen molar-refractivity contribution in [3.8, 4) is 0 Å². The van der Waals surface area contributed by atoms with Crippen molar-refractivity contribution < 1.29 is 0 Å². The molecular weight excluding hydrogens is 260 g/mol. The van der Waals surface area contributed by atoms with Gasteiger partial charge in [0.25, 0.3) is 0 Å².